The molecule has 1 unspecified atom stereocenters. The van der Waals surface area contributed by atoms with Gasteiger partial charge in [-0.2, -0.15) is 0 Å². The van der Waals surface area contributed by atoms with E-state index in [4.69, 9.17) is 5.11 Å². The molecule has 0 heterocycles. The van der Waals surface area contributed by atoms with Crippen molar-refractivity contribution in [3.05, 3.63) is 0 Å². The van der Waals surface area contributed by atoms with Crippen LogP contribution >= 0.6 is 0 Å². The highest BCUT2D eigenvalue weighted by atomic mass is 16.4. The molecule has 20 heavy (non-hydrogen) atoms. The molecule has 0 saturated heterocycles. The third-order valence-electron chi connectivity index (χ3n) is 3.45. The molecule has 0 aromatic carbocycles. The van der Waals surface area contributed by atoms with E-state index < -0.39 is 12.0 Å². The summed E-state index contributed by atoms with van der Waals surface area (Å²) >= 11 is 0. The molecule has 6 nitrogen and oxygen atoms in total. The molecule has 0 saturated carbocycles. The van der Waals surface area contributed by atoms with Crippen molar-refractivity contribution in [3.8, 4) is 0 Å². The number of carboxylic acids is 1. The fraction of sp³-hybridized carbons (Fsp3) is 0.786. The third kappa shape index (κ3) is 7.11. The van der Waals surface area contributed by atoms with Crippen LogP contribution in [0.3, 0.4) is 0 Å². The van der Waals surface area contributed by atoms with Gasteiger partial charge in [-0.25, -0.2) is 4.79 Å². The van der Waals surface area contributed by atoms with E-state index >= 15 is 0 Å². The Morgan fingerprint density at radius 1 is 1.15 bits per heavy atom. The number of hydrogen-bond acceptors (Lipinski definition) is 3. The predicted octanol–water partition coefficient (Wildman–Crippen LogP) is 2.23. The molecule has 3 amide bonds. The van der Waals surface area contributed by atoms with Crippen LogP contribution in [0.4, 0.5) is 4.79 Å². The average Bonchev–Trinajstić information content (AvgIpc) is 2.31. The van der Waals surface area contributed by atoms with Gasteiger partial charge in [0.05, 0.1) is 0 Å². The Labute approximate surface area is 120 Å². The lowest BCUT2D eigenvalue weighted by Crippen LogP contribution is -2.49. The first-order chi connectivity index (χ1) is 9.05. The smallest absolute Gasteiger partial charge is 0.324 e. The number of hydrogen-bond donors (Lipinski definition) is 2. The Hall–Kier alpha value is -1.59. The maximum atomic E-state index is 11.9. The zero-order chi connectivity index (χ0) is 15.9. The Bertz CT molecular complexity index is 361. The SMILES string of the molecule is CC(N(C)C(=O)NC(=O)CCCCC(=O)O)C(C)(C)C. The molecule has 0 aromatic heterocycles. The standard InChI is InChI=1S/C14H26N2O4/c1-10(14(2,3)4)16(5)13(20)15-11(17)8-6-7-9-12(18)19/h10H,6-9H2,1-5H3,(H,18,19)(H,15,17,20). The molecule has 0 bridgehead atoms. The largest absolute Gasteiger partial charge is 0.481 e. The van der Waals surface area contributed by atoms with Crippen molar-refractivity contribution in [2.24, 2.45) is 5.41 Å². The van der Waals surface area contributed by atoms with Crippen molar-refractivity contribution in [2.75, 3.05) is 7.05 Å². The second kappa shape index (κ2) is 7.87. The summed E-state index contributed by atoms with van der Waals surface area (Å²) in [6.45, 7) is 8.00. The van der Waals surface area contributed by atoms with Gasteiger partial charge in [-0.05, 0) is 25.2 Å². The Morgan fingerprint density at radius 3 is 2.10 bits per heavy atom. The topological polar surface area (TPSA) is 86.7 Å². The lowest BCUT2D eigenvalue weighted by Gasteiger charge is -2.35. The number of rotatable bonds is 6. The van der Waals surface area contributed by atoms with Crippen molar-refractivity contribution < 1.29 is 19.5 Å². The Balaban J connectivity index is 4.13. The fourth-order valence-corrected chi connectivity index (χ4v) is 1.59. The summed E-state index contributed by atoms with van der Waals surface area (Å²) in [5.41, 5.74) is -0.0728. The van der Waals surface area contributed by atoms with Gasteiger partial charge in [-0.15, -0.1) is 0 Å². The molecule has 0 aliphatic carbocycles. The van der Waals surface area contributed by atoms with Crippen molar-refractivity contribution in [1.82, 2.24) is 10.2 Å². The Morgan fingerprint density at radius 2 is 1.65 bits per heavy atom. The van der Waals surface area contributed by atoms with E-state index in [0.717, 1.165) is 0 Å². The second-order valence-corrected chi connectivity index (χ2v) is 6.11. The van der Waals surface area contributed by atoms with Gasteiger partial charge in [-0.1, -0.05) is 20.8 Å². The first-order valence-electron chi connectivity index (χ1n) is 6.84. The van der Waals surface area contributed by atoms with Gasteiger partial charge in [0.25, 0.3) is 0 Å². The van der Waals surface area contributed by atoms with Crippen LogP contribution in [0.25, 0.3) is 0 Å². The highest BCUT2D eigenvalue weighted by Gasteiger charge is 2.27. The number of urea groups is 1. The molecule has 0 radical (unpaired) electrons. The predicted molar refractivity (Wildman–Crippen MR) is 76.3 cm³/mol. The van der Waals surface area contributed by atoms with Crippen LogP contribution in [0.5, 0.6) is 0 Å². The van der Waals surface area contributed by atoms with E-state index in [0.29, 0.717) is 12.8 Å². The molecular weight excluding hydrogens is 260 g/mol. The zero-order valence-corrected chi connectivity index (χ0v) is 13.0. The maximum absolute atomic E-state index is 11.9. The Kier molecular flexibility index (Phi) is 7.24. The van der Waals surface area contributed by atoms with Gasteiger partial charge in [0.15, 0.2) is 0 Å². The third-order valence-corrected chi connectivity index (χ3v) is 3.45. The van der Waals surface area contributed by atoms with Crippen LogP contribution in [0.1, 0.15) is 53.4 Å². The van der Waals surface area contributed by atoms with Crippen molar-refractivity contribution in [2.45, 2.75) is 59.4 Å². The average molecular weight is 286 g/mol. The van der Waals surface area contributed by atoms with Crippen LogP contribution in [0.2, 0.25) is 0 Å². The molecule has 0 rings (SSSR count). The number of unbranched alkanes of at least 4 members (excludes halogenated alkanes) is 1. The van der Waals surface area contributed by atoms with E-state index in [-0.39, 0.29) is 30.2 Å². The summed E-state index contributed by atoms with van der Waals surface area (Å²) in [7, 11) is 1.66. The van der Waals surface area contributed by atoms with Crippen LogP contribution in [0.15, 0.2) is 0 Å². The monoisotopic (exact) mass is 286 g/mol. The summed E-state index contributed by atoms with van der Waals surface area (Å²) in [6.07, 6.45) is 1.11. The van der Waals surface area contributed by atoms with Gasteiger partial charge in [-0.3, -0.25) is 14.9 Å². The number of nitrogens with zero attached hydrogens (tertiary/aromatic N) is 1. The molecule has 0 aromatic rings. The van der Waals surface area contributed by atoms with Crippen LogP contribution < -0.4 is 5.32 Å². The highest BCUT2D eigenvalue weighted by Crippen LogP contribution is 2.22. The quantitative estimate of drug-likeness (QED) is 0.733. The molecular formula is C14H26N2O4. The highest BCUT2D eigenvalue weighted by molar-refractivity contribution is 5.94. The molecule has 0 aliphatic rings. The van der Waals surface area contributed by atoms with E-state index in [9.17, 15) is 14.4 Å². The zero-order valence-electron chi connectivity index (χ0n) is 13.0. The number of imide groups is 1. The lowest BCUT2D eigenvalue weighted by atomic mass is 9.87. The molecule has 6 heteroatoms. The number of nitrogens with one attached hydrogen (secondary N) is 1. The molecule has 2 N–H and O–H groups in total. The van der Waals surface area contributed by atoms with Crippen molar-refractivity contribution in [3.63, 3.8) is 0 Å². The van der Waals surface area contributed by atoms with Gasteiger partial charge < -0.3 is 10.0 Å². The normalized spacial score (nSPS) is 12.7. The molecule has 0 fully saturated rings. The van der Waals surface area contributed by atoms with Gasteiger partial charge >= 0.3 is 12.0 Å². The minimum Gasteiger partial charge on any atom is -0.481 e. The fourth-order valence-electron chi connectivity index (χ4n) is 1.59. The van der Waals surface area contributed by atoms with Crippen molar-refractivity contribution >= 4 is 17.9 Å². The number of amides is 3. The number of carbonyl (C=O) groups excluding carboxylic acids is 2. The molecule has 116 valence electrons. The minimum atomic E-state index is -0.875. The first kappa shape index (κ1) is 18.4. The first-order valence-corrected chi connectivity index (χ1v) is 6.84. The van der Waals surface area contributed by atoms with Gasteiger partial charge in [0.2, 0.25) is 5.91 Å². The molecule has 0 aliphatic heterocycles. The summed E-state index contributed by atoms with van der Waals surface area (Å²) in [4.78, 5) is 35.3. The van der Waals surface area contributed by atoms with Gasteiger partial charge in [0, 0.05) is 25.9 Å². The van der Waals surface area contributed by atoms with Crippen LogP contribution in [-0.2, 0) is 9.59 Å². The van der Waals surface area contributed by atoms with E-state index in [1.165, 1.54) is 4.90 Å². The van der Waals surface area contributed by atoms with Crippen LogP contribution in [-0.4, -0.2) is 41.0 Å². The summed E-state index contributed by atoms with van der Waals surface area (Å²) in [5.74, 6) is -1.24. The van der Waals surface area contributed by atoms with Crippen LogP contribution in [0, 0.1) is 5.41 Å². The minimum absolute atomic E-state index is 0.0117. The molecule has 1 atom stereocenters. The van der Waals surface area contributed by atoms with E-state index in [1.54, 1.807) is 7.05 Å². The summed E-state index contributed by atoms with van der Waals surface area (Å²) < 4.78 is 0. The summed E-state index contributed by atoms with van der Waals surface area (Å²) in [6, 6.07) is -0.432. The lowest BCUT2D eigenvalue weighted by molar-refractivity contribution is -0.137. The maximum Gasteiger partial charge on any atom is 0.324 e. The van der Waals surface area contributed by atoms with Gasteiger partial charge in [0.1, 0.15) is 0 Å². The van der Waals surface area contributed by atoms with E-state index in [2.05, 4.69) is 5.32 Å². The number of carbonyl (C=O) groups is 3. The second-order valence-electron chi connectivity index (χ2n) is 6.11. The summed E-state index contributed by atoms with van der Waals surface area (Å²) in [5, 5.41) is 10.8. The number of aliphatic carboxylic acids is 1. The number of carboxylic acid groups (broad SMARTS) is 1. The van der Waals surface area contributed by atoms with E-state index in [1.807, 2.05) is 27.7 Å². The van der Waals surface area contributed by atoms with Crippen molar-refractivity contribution in [1.29, 1.82) is 0 Å². The molecule has 0 spiro atoms.